The first-order valence-electron chi connectivity index (χ1n) is 14.3. The molecule has 3 aliphatic rings. The first kappa shape index (κ1) is 30.7. The molecule has 2 aromatic heterocycles. The Morgan fingerprint density at radius 1 is 1.09 bits per heavy atom. The van der Waals surface area contributed by atoms with E-state index < -0.39 is 34.4 Å². The van der Waals surface area contributed by atoms with Crippen molar-refractivity contribution >= 4 is 29.4 Å². The minimum absolute atomic E-state index is 0.0146. The standard InChI is InChI=1S/C31H33F2N7O4/c1-7-23(42)37-11-12-38(18(6)14-37)29-19-13-21(33)27(24-20(32)9-8-10-22(24)41)40(44)30(19)39(31(43)36-29)28-25(16(2)3)34-15-35-26(28)17(4)5/h7-10,13,15-18,44H,1,11-12,14H2,2-6H3/b27-24-/t18-/m0/s1. The maximum atomic E-state index is 16.0. The smallest absolute Gasteiger partial charge is 0.350 e. The first-order chi connectivity index (χ1) is 20.9. The van der Waals surface area contributed by atoms with Crippen LogP contribution >= 0.6 is 0 Å². The summed E-state index contributed by atoms with van der Waals surface area (Å²) in [7, 11) is 0. The minimum Gasteiger partial charge on any atom is -0.350 e. The summed E-state index contributed by atoms with van der Waals surface area (Å²) in [5.74, 6) is -3.90. The predicted octanol–water partition coefficient (Wildman–Crippen LogP) is 4.26. The van der Waals surface area contributed by atoms with Crippen LogP contribution in [0.5, 0.6) is 0 Å². The molecule has 1 fully saturated rings. The van der Waals surface area contributed by atoms with Gasteiger partial charge in [0.15, 0.2) is 17.4 Å². The Kier molecular flexibility index (Phi) is 8.17. The van der Waals surface area contributed by atoms with Gasteiger partial charge in [-0.05, 0) is 43.1 Å². The summed E-state index contributed by atoms with van der Waals surface area (Å²) in [6, 6.07) is -0.370. The summed E-state index contributed by atoms with van der Waals surface area (Å²) in [4.78, 5) is 55.8. The molecule has 0 aromatic carbocycles. The highest BCUT2D eigenvalue weighted by molar-refractivity contribution is 6.10. The zero-order valence-electron chi connectivity index (χ0n) is 25.1. The van der Waals surface area contributed by atoms with E-state index in [4.69, 9.17) is 0 Å². The summed E-state index contributed by atoms with van der Waals surface area (Å²) in [6.45, 7) is 13.6. The van der Waals surface area contributed by atoms with Crippen LogP contribution in [0.25, 0.3) is 11.8 Å². The number of carbonyl (C=O) groups is 2. The molecule has 44 heavy (non-hydrogen) atoms. The van der Waals surface area contributed by atoms with Crippen LogP contribution in [-0.2, 0) is 9.59 Å². The van der Waals surface area contributed by atoms with Gasteiger partial charge in [0.25, 0.3) is 0 Å². The Bertz CT molecular complexity index is 1730. The predicted molar refractivity (Wildman–Crippen MR) is 161 cm³/mol. The van der Waals surface area contributed by atoms with Crippen LogP contribution in [0.3, 0.4) is 0 Å². The van der Waals surface area contributed by atoms with Gasteiger partial charge in [-0.2, -0.15) is 4.98 Å². The molecule has 0 unspecified atom stereocenters. The molecule has 13 heteroatoms. The average Bonchev–Trinajstić information content (AvgIpc) is 2.97. The number of ketones is 1. The summed E-state index contributed by atoms with van der Waals surface area (Å²) >= 11 is 0. The molecule has 1 N–H and O–H groups in total. The fourth-order valence-electron chi connectivity index (χ4n) is 5.71. The molecular weight excluding hydrogens is 572 g/mol. The summed E-state index contributed by atoms with van der Waals surface area (Å²) in [5.41, 5.74) is -1.10. The average molecular weight is 606 g/mol. The molecule has 2 aliphatic heterocycles. The van der Waals surface area contributed by atoms with Gasteiger partial charge in [-0.15, -0.1) is 0 Å². The fourth-order valence-corrected chi connectivity index (χ4v) is 5.71. The zero-order valence-corrected chi connectivity index (χ0v) is 25.1. The number of piperazine rings is 1. The Morgan fingerprint density at radius 2 is 1.75 bits per heavy atom. The van der Waals surface area contributed by atoms with Gasteiger partial charge in [-0.3, -0.25) is 14.8 Å². The summed E-state index contributed by atoms with van der Waals surface area (Å²) in [6.07, 6.45) is 6.85. The lowest BCUT2D eigenvalue weighted by Crippen LogP contribution is -2.54. The third-order valence-corrected chi connectivity index (χ3v) is 7.79. The highest BCUT2D eigenvalue weighted by Gasteiger charge is 2.39. The van der Waals surface area contributed by atoms with E-state index in [0.29, 0.717) is 16.5 Å². The molecule has 2 aromatic rings. The monoisotopic (exact) mass is 605 g/mol. The van der Waals surface area contributed by atoms with Crippen LogP contribution in [0.1, 0.15) is 63.4 Å². The SMILES string of the molecule is C=CC(=O)N1CCN(c2nc(=O)n(-c3c(C(C)C)ncnc3C(C)C)c3c2C=C(F)/C(=C2/C(=O)C=CC=C2F)N3O)[C@@H](C)C1. The number of aromatic nitrogens is 4. The number of rotatable bonds is 5. The molecule has 0 spiro atoms. The molecule has 1 atom stereocenters. The lowest BCUT2D eigenvalue weighted by Gasteiger charge is -2.41. The van der Waals surface area contributed by atoms with Crippen molar-refractivity contribution in [2.75, 3.05) is 29.6 Å². The van der Waals surface area contributed by atoms with E-state index in [2.05, 4.69) is 21.5 Å². The molecule has 1 amide bonds. The Hall–Kier alpha value is -4.78. The molecule has 11 nitrogen and oxygen atoms in total. The van der Waals surface area contributed by atoms with Gasteiger partial charge >= 0.3 is 5.69 Å². The van der Waals surface area contributed by atoms with Gasteiger partial charge in [-0.1, -0.05) is 40.3 Å². The number of fused-ring (bicyclic) bond motifs is 1. The topological polar surface area (TPSA) is 125 Å². The number of hydrogen-bond donors (Lipinski definition) is 1. The number of hydrogen-bond acceptors (Lipinski definition) is 9. The number of nitrogens with zero attached hydrogens (tertiary/aromatic N) is 7. The van der Waals surface area contributed by atoms with Crippen molar-refractivity contribution in [1.82, 2.24) is 24.4 Å². The largest absolute Gasteiger partial charge is 0.355 e. The lowest BCUT2D eigenvalue weighted by molar-refractivity contribution is -0.126. The van der Waals surface area contributed by atoms with Crippen molar-refractivity contribution < 1.29 is 23.6 Å². The minimum atomic E-state index is -1.11. The second-order valence-corrected chi connectivity index (χ2v) is 11.4. The van der Waals surface area contributed by atoms with E-state index in [1.54, 1.807) is 9.80 Å². The zero-order chi connectivity index (χ0) is 32.0. The molecule has 1 saturated heterocycles. The number of carbonyl (C=O) groups excluding carboxylic acids is 2. The molecule has 5 rings (SSSR count). The molecule has 230 valence electrons. The van der Waals surface area contributed by atoms with E-state index in [1.807, 2.05) is 34.6 Å². The Balaban J connectivity index is 1.85. The van der Waals surface area contributed by atoms with Crippen LogP contribution in [0.2, 0.25) is 0 Å². The van der Waals surface area contributed by atoms with Crippen molar-refractivity contribution in [3.63, 3.8) is 0 Å². The number of anilines is 2. The van der Waals surface area contributed by atoms with E-state index in [9.17, 15) is 19.6 Å². The van der Waals surface area contributed by atoms with Gasteiger partial charge in [-0.25, -0.2) is 33.2 Å². The molecule has 0 radical (unpaired) electrons. The first-order valence-corrected chi connectivity index (χ1v) is 14.3. The van der Waals surface area contributed by atoms with E-state index in [0.717, 1.165) is 22.8 Å². The maximum absolute atomic E-state index is 16.0. The van der Waals surface area contributed by atoms with Gasteiger partial charge in [0.05, 0.1) is 28.2 Å². The normalized spacial score (nSPS) is 20.3. The van der Waals surface area contributed by atoms with Gasteiger partial charge in [0, 0.05) is 25.7 Å². The molecule has 0 bridgehead atoms. The fraction of sp³-hybridized carbons (Fsp3) is 0.355. The van der Waals surface area contributed by atoms with E-state index in [1.165, 1.54) is 18.5 Å². The molecule has 4 heterocycles. The van der Waals surface area contributed by atoms with E-state index in [-0.39, 0.29) is 66.3 Å². The van der Waals surface area contributed by atoms with Crippen LogP contribution in [0.15, 0.2) is 64.9 Å². The Labute approximate surface area is 252 Å². The van der Waals surface area contributed by atoms with Crippen molar-refractivity contribution in [1.29, 1.82) is 0 Å². The molecule has 0 saturated carbocycles. The van der Waals surface area contributed by atoms with Gasteiger partial charge in [0.1, 0.15) is 23.7 Å². The molecule has 1 aliphatic carbocycles. The van der Waals surface area contributed by atoms with Crippen molar-refractivity contribution in [3.05, 3.63) is 87.6 Å². The van der Waals surface area contributed by atoms with Crippen molar-refractivity contribution in [2.45, 2.75) is 52.5 Å². The van der Waals surface area contributed by atoms with Gasteiger partial charge in [0.2, 0.25) is 5.91 Å². The van der Waals surface area contributed by atoms with Crippen LogP contribution in [0, 0.1) is 0 Å². The number of allylic oxidation sites excluding steroid dienone is 6. The quantitative estimate of drug-likeness (QED) is 0.498. The van der Waals surface area contributed by atoms with Crippen LogP contribution in [0.4, 0.5) is 20.4 Å². The number of halogens is 2. The number of hydroxylamine groups is 1. The molecular formula is C31H33F2N7O4. The van der Waals surface area contributed by atoms with E-state index >= 15 is 8.78 Å². The second-order valence-electron chi connectivity index (χ2n) is 11.4. The van der Waals surface area contributed by atoms with Crippen LogP contribution < -0.4 is 15.7 Å². The Morgan fingerprint density at radius 3 is 2.32 bits per heavy atom. The highest BCUT2D eigenvalue weighted by Crippen LogP contribution is 2.43. The highest BCUT2D eigenvalue weighted by atomic mass is 19.1. The third-order valence-electron chi connectivity index (χ3n) is 7.79. The van der Waals surface area contributed by atoms with Gasteiger partial charge < -0.3 is 9.80 Å². The summed E-state index contributed by atoms with van der Waals surface area (Å²) < 4.78 is 32.2. The van der Waals surface area contributed by atoms with Crippen LogP contribution in [-0.4, -0.2) is 67.0 Å². The lowest BCUT2D eigenvalue weighted by atomic mass is 9.98. The third kappa shape index (κ3) is 5.06. The second kappa shape index (κ2) is 11.7. The van der Waals surface area contributed by atoms with Crippen molar-refractivity contribution in [3.8, 4) is 5.69 Å². The van der Waals surface area contributed by atoms with Crippen molar-refractivity contribution in [2.24, 2.45) is 0 Å². The number of amides is 1. The maximum Gasteiger partial charge on any atom is 0.355 e. The summed E-state index contributed by atoms with van der Waals surface area (Å²) in [5, 5.41) is 12.1.